The van der Waals surface area contributed by atoms with E-state index in [1.165, 1.54) is 18.2 Å². The number of nitrogens with zero attached hydrogens (tertiary/aromatic N) is 1. The van der Waals surface area contributed by atoms with Crippen molar-refractivity contribution in [3.05, 3.63) is 107 Å². The molecule has 0 aliphatic heterocycles. The maximum absolute atomic E-state index is 13.8. The molecule has 3 rings (SSSR count). The molecule has 0 aliphatic rings. The van der Waals surface area contributed by atoms with Crippen LogP contribution in [-0.2, 0) is 13.0 Å². The highest BCUT2D eigenvalue weighted by Gasteiger charge is 2.23. The van der Waals surface area contributed by atoms with Gasteiger partial charge in [0.1, 0.15) is 11.6 Å². The van der Waals surface area contributed by atoms with Gasteiger partial charge in [0.15, 0.2) is 0 Å². The average Bonchev–Trinajstić information content (AvgIpc) is 2.88. The second kappa shape index (κ2) is 13.6. The normalized spacial score (nSPS) is 12.6. The smallest absolute Gasteiger partial charge is 0.253 e. The summed E-state index contributed by atoms with van der Waals surface area (Å²) in [6, 6.07) is 18.2. The molecule has 3 aromatic rings. The fourth-order valence-electron chi connectivity index (χ4n) is 4.07. The Morgan fingerprint density at radius 3 is 2.27 bits per heavy atom. The SMILES string of the molecule is CCCN(C)C(=O)c1cccc(C(=O)N[C@@H](Cc2cc(F)cc(F)c2)[C@H](O)CNCc2ccccc2)c1. The number of hydrogen-bond donors (Lipinski definition) is 3. The number of benzene rings is 3. The van der Waals surface area contributed by atoms with Gasteiger partial charge < -0.3 is 20.6 Å². The summed E-state index contributed by atoms with van der Waals surface area (Å²) in [6.45, 7) is 3.20. The number of aliphatic hydroxyl groups excluding tert-OH is 1. The molecule has 6 nitrogen and oxygen atoms in total. The zero-order valence-corrected chi connectivity index (χ0v) is 21.1. The van der Waals surface area contributed by atoms with Gasteiger partial charge in [-0.2, -0.15) is 0 Å². The molecule has 0 unspecified atom stereocenters. The number of nitrogens with one attached hydrogen (secondary N) is 2. The van der Waals surface area contributed by atoms with E-state index >= 15 is 0 Å². The van der Waals surface area contributed by atoms with Crippen LogP contribution in [0, 0.1) is 11.6 Å². The fourth-order valence-corrected chi connectivity index (χ4v) is 4.07. The Hall–Kier alpha value is -3.62. The molecule has 8 heteroatoms. The van der Waals surface area contributed by atoms with Crippen LogP contribution >= 0.6 is 0 Å². The number of hydrogen-bond acceptors (Lipinski definition) is 4. The third kappa shape index (κ3) is 8.48. The molecule has 0 saturated heterocycles. The van der Waals surface area contributed by atoms with Crippen LogP contribution in [0.5, 0.6) is 0 Å². The summed E-state index contributed by atoms with van der Waals surface area (Å²) in [7, 11) is 1.70. The molecule has 3 aromatic carbocycles. The molecular weight excluding hydrogens is 476 g/mol. The minimum absolute atomic E-state index is 0.00641. The van der Waals surface area contributed by atoms with Gasteiger partial charge in [0, 0.05) is 43.9 Å². The van der Waals surface area contributed by atoms with Crippen molar-refractivity contribution >= 4 is 11.8 Å². The third-order valence-electron chi connectivity index (χ3n) is 5.96. The first-order valence-corrected chi connectivity index (χ1v) is 12.3. The highest BCUT2D eigenvalue weighted by Crippen LogP contribution is 2.14. The molecule has 0 saturated carbocycles. The van der Waals surface area contributed by atoms with Crippen LogP contribution in [0.1, 0.15) is 45.2 Å². The second-order valence-corrected chi connectivity index (χ2v) is 9.05. The number of amides is 2. The molecule has 37 heavy (non-hydrogen) atoms. The zero-order valence-electron chi connectivity index (χ0n) is 21.1. The Bertz CT molecular complexity index is 1170. The number of carbonyl (C=O) groups excluding carboxylic acids is 2. The Morgan fingerprint density at radius 1 is 0.919 bits per heavy atom. The van der Waals surface area contributed by atoms with Crippen LogP contribution < -0.4 is 10.6 Å². The van der Waals surface area contributed by atoms with Crippen molar-refractivity contribution < 1.29 is 23.5 Å². The van der Waals surface area contributed by atoms with Crippen molar-refractivity contribution in [3.8, 4) is 0 Å². The first-order chi connectivity index (χ1) is 17.8. The maximum atomic E-state index is 13.8. The summed E-state index contributed by atoms with van der Waals surface area (Å²) in [5.41, 5.74) is 1.94. The maximum Gasteiger partial charge on any atom is 0.253 e. The summed E-state index contributed by atoms with van der Waals surface area (Å²) in [5, 5.41) is 16.9. The van der Waals surface area contributed by atoms with Crippen molar-refractivity contribution in [2.45, 2.75) is 38.5 Å². The van der Waals surface area contributed by atoms with Crippen molar-refractivity contribution in [1.29, 1.82) is 0 Å². The lowest BCUT2D eigenvalue weighted by Crippen LogP contribution is -2.48. The van der Waals surface area contributed by atoms with Crippen LogP contribution in [0.2, 0.25) is 0 Å². The summed E-state index contributed by atoms with van der Waals surface area (Å²) in [4.78, 5) is 27.4. The van der Waals surface area contributed by atoms with E-state index in [0.29, 0.717) is 24.2 Å². The van der Waals surface area contributed by atoms with Gasteiger partial charge in [-0.05, 0) is 54.3 Å². The molecule has 0 fully saturated rings. The predicted molar refractivity (Wildman–Crippen MR) is 139 cm³/mol. The molecule has 0 heterocycles. The molecule has 2 amide bonds. The van der Waals surface area contributed by atoms with E-state index in [1.54, 1.807) is 30.1 Å². The van der Waals surface area contributed by atoms with Gasteiger partial charge in [-0.3, -0.25) is 9.59 Å². The van der Waals surface area contributed by atoms with E-state index in [2.05, 4.69) is 10.6 Å². The summed E-state index contributed by atoms with van der Waals surface area (Å²) >= 11 is 0. The predicted octanol–water partition coefficient (Wildman–Crippen LogP) is 3.94. The van der Waals surface area contributed by atoms with E-state index in [1.807, 2.05) is 37.3 Å². The molecule has 0 bridgehead atoms. The Balaban J connectivity index is 1.75. The van der Waals surface area contributed by atoms with Crippen molar-refractivity contribution in [2.75, 3.05) is 20.1 Å². The highest BCUT2D eigenvalue weighted by molar-refractivity contribution is 5.99. The second-order valence-electron chi connectivity index (χ2n) is 9.05. The minimum Gasteiger partial charge on any atom is -0.390 e. The molecular formula is C29H33F2N3O3. The average molecular weight is 510 g/mol. The topological polar surface area (TPSA) is 81.7 Å². The van der Waals surface area contributed by atoms with Gasteiger partial charge in [0.2, 0.25) is 0 Å². The van der Waals surface area contributed by atoms with E-state index in [9.17, 15) is 23.5 Å². The molecule has 2 atom stereocenters. The van der Waals surface area contributed by atoms with Crippen LogP contribution in [-0.4, -0.2) is 54.1 Å². The Morgan fingerprint density at radius 2 is 1.59 bits per heavy atom. The quantitative estimate of drug-likeness (QED) is 0.346. The molecule has 0 radical (unpaired) electrons. The monoisotopic (exact) mass is 509 g/mol. The number of rotatable bonds is 12. The summed E-state index contributed by atoms with van der Waals surface area (Å²) < 4.78 is 27.6. The van der Waals surface area contributed by atoms with E-state index in [0.717, 1.165) is 18.1 Å². The fraction of sp³-hybridized carbons (Fsp3) is 0.310. The van der Waals surface area contributed by atoms with Gasteiger partial charge in [-0.1, -0.05) is 43.3 Å². The highest BCUT2D eigenvalue weighted by atomic mass is 19.1. The zero-order chi connectivity index (χ0) is 26.8. The first kappa shape index (κ1) is 28.0. The number of carbonyl (C=O) groups is 2. The van der Waals surface area contributed by atoms with Crippen molar-refractivity contribution in [1.82, 2.24) is 15.5 Å². The minimum atomic E-state index is -1.06. The number of halogens is 2. The summed E-state index contributed by atoms with van der Waals surface area (Å²) in [5.74, 6) is -2.18. The van der Waals surface area contributed by atoms with Gasteiger partial charge in [0.05, 0.1) is 12.1 Å². The Kier molecular flexibility index (Phi) is 10.3. The number of aliphatic hydroxyl groups is 1. The van der Waals surface area contributed by atoms with Crippen LogP contribution in [0.4, 0.5) is 8.78 Å². The van der Waals surface area contributed by atoms with Gasteiger partial charge in [-0.15, -0.1) is 0 Å². The molecule has 0 aliphatic carbocycles. The lowest BCUT2D eigenvalue weighted by molar-refractivity contribution is 0.0795. The van der Waals surface area contributed by atoms with Crippen LogP contribution in [0.15, 0.2) is 72.8 Å². The molecule has 196 valence electrons. The van der Waals surface area contributed by atoms with Crippen molar-refractivity contribution in [2.24, 2.45) is 0 Å². The van der Waals surface area contributed by atoms with E-state index < -0.39 is 29.7 Å². The largest absolute Gasteiger partial charge is 0.390 e. The lowest BCUT2D eigenvalue weighted by atomic mass is 9.99. The third-order valence-corrected chi connectivity index (χ3v) is 5.96. The Labute approximate surface area is 216 Å². The van der Waals surface area contributed by atoms with Crippen LogP contribution in [0.25, 0.3) is 0 Å². The lowest BCUT2D eigenvalue weighted by Gasteiger charge is -2.25. The molecule has 0 spiro atoms. The van der Waals surface area contributed by atoms with E-state index in [4.69, 9.17) is 0 Å². The van der Waals surface area contributed by atoms with Gasteiger partial charge >= 0.3 is 0 Å². The standard InChI is InChI=1S/C29H33F2N3O3/c1-3-12-34(2)29(37)23-11-7-10-22(16-23)28(36)33-26(15-21-13-24(30)17-25(31)14-21)27(35)19-32-18-20-8-5-4-6-9-20/h4-11,13-14,16-17,26-27,32,35H,3,12,15,18-19H2,1-2H3,(H,33,36)/t26-,27+/m0/s1. The first-order valence-electron chi connectivity index (χ1n) is 12.3. The van der Waals surface area contributed by atoms with Gasteiger partial charge in [-0.25, -0.2) is 8.78 Å². The molecule has 0 aromatic heterocycles. The molecule has 3 N–H and O–H groups in total. The van der Waals surface area contributed by atoms with Crippen LogP contribution in [0.3, 0.4) is 0 Å². The summed E-state index contributed by atoms with van der Waals surface area (Å²) in [6.07, 6.45) is -0.243. The van der Waals surface area contributed by atoms with Gasteiger partial charge in [0.25, 0.3) is 11.8 Å². The van der Waals surface area contributed by atoms with E-state index in [-0.39, 0.29) is 24.4 Å². The van der Waals surface area contributed by atoms with Crippen molar-refractivity contribution in [3.63, 3.8) is 0 Å².